The SMILES string of the molecule is O=S(Cl)CCc1ccccc1. The molecule has 0 fully saturated rings. The van der Waals surface area contributed by atoms with Crippen LogP contribution in [0, 0.1) is 0 Å². The zero-order valence-electron chi connectivity index (χ0n) is 6.00. The maximum atomic E-state index is 10.5. The van der Waals surface area contributed by atoms with Gasteiger partial charge in [-0.3, -0.25) is 0 Å². The van der Waals surface area contributed by atoms with E-state index in [0.29, 0.717) is 5.75 Å². The Balaban J connectivity index is 2.45. The summed E-state index contributed by atoms with van der Waals surface area (Å²) in [5.41, 5.74) is 1.18. The molecule has 0 heterocycles. The van der Waals surface area contributed by atoms with Crippen LogP contribution in [0.1, 0.15) is 5.56 Å². The number of hydrogen-bond acceptors (Lipinski definition) is 1. The van der Waals surface area contributed by atoms with Crippen molar-refractivity contribution in [1.82, 2.24) is 0 Å². The zero-order valence-corrected chi connectivity index (χ0v) is 7.57. The van der Waals surface area contributed by atoms with Gasteiger partial charge in [-0.15, -0.1) is 0 Å². The van der Waals surface area contributed by atoms with Gasteiger partial charge < -0.3 is 0 Å². The van der Waals surface area contributed by atoms with Gasteiger partial charge in [-0.1, -0.05) is 30.3 Å². The predicted molar refractivity (Wildman–Crippen MR) is 49.0 cm³/mol. The van der Waals surface area contributed by atoms with E-state index in [-0.39, 0.29) is 0 Å². The highest BCUT2D eigenvalue weighted by Crippen LogP contribution is 2.01. The minimum Gasteiger partial charge on any atom is -0.243 e. The predicted octanol–water partition coefficient (Wildman–Crippen LogP) is 2.13. The molecule has 1 unspecified atom stereocenters. The van der Waals surface area contributed by atoms with Gasteiger partial charge in [-0.05, 0) is 22.7 Å². The van der Waals surface area contributed by atoms with E-state index >= 15 is 0 Å². The Labute approximate surface area is 73.3 Å². The second-order valence-electron chi connectivity index (χ2n) is 2.23. The van der Waals surface area contributed by atoms with Crippen molar-refractivity contribution in [2.24, 2.45) is 0 Å². The third kappa shape index (κ3) is 3.54. The molecule has 0 aliphatic rings. The molecule has 0 aromatic heterocycles. The minimum absolute atomic E-state index is 0.533. The van der Waals surface area contributed by atoms with Crippen LogP contribution in [0.3, 0.4) is 0 Å². The molecule has 11 heavy (non-hydrogen) atoms. The topological polar surface area (TPSA) is 17.1 Å². The molecule has 0 spiro atoms. The third-order valence-corrected chi connectivity index (χ3v) is 2.38. The zero-order chi connectivity index (χ0) is 8.10. The molecule has 0 saturated heterocycles. The Morgan fingerprint density at radius 1 is 1.27 bits per heavy atom. The van der Waals surface area contributed by atoms with Gasteiger partial charge in [0, 0.05) is 5.75 Å². The number of halogens is 1. The Kier molecular flexibility index (Phi) is 3.60. The molecule has 0 saturated carbocycles. The summed E-state index contributed by atoms with van der Waals surface area (Å²) in [7, 11) is 4.11. The first-order valence-electron chi connectivity index (χ1n) is 3.37. The van der Waals surface area contributed by atoms with Gasteiger partial charge in [0.05, 0.1) is 0 Å². The van der Waals surface area contributed by atoms with Crippen molar-refractivity contribution in [2.75, 3.05) is 5.75 Å². The summed E-state index contributed by atoms with van der Waals surface area (Å²) < 4.78 is 10.5. The van der Waals surface area contributed by atoms with Crippen molar-refractivity contribution in [2.45, 2.75) is 6.42 Å². The van der Waals surface area contributed by atoms with Crippen LogP contribution >= 0.6 is 10.7 Å². The van der Waals surface area contributed by atoms with Gasteiger partial charge in [0.15, 0.2) is 0 Å². The summed E-state index contributed by atoms with van der Waals surface area (Å²) in [6.45, 7) is 0. The van der Waals surface area contributed by atoms with Gasteiger partial charge in [-0.2, -0.15) is 0 Å². The molecular formula is C8H9ClOS. The highest BCUT2D eigenvalue weighted by atomic mass is 35.7. The first-order valence-corrected chi connectivity index (χ1v) is 5.52. The lowest BCUT2D eigenvalue weighted by Crippen LogP contribution is -1.93. The van der Waals surface area contributed by atoms with Gasteiger partial charge in [-0.25, -0.2) is 4.21 Å². The fraction of sp³-hybridized carbons (Fsp3) is 0.250. The van der Waals surface area contributed by atoms with Gasteiger partial charge in [0.1, 0.15) is 10.0 Å². The lowest BCUT2D eigenvalue weighted by Gasteiger charge is -1.95. The lowest BCUT2D eigenvalue weighted by molar-refractivity contribution is 0.690. The van der Waals surface area contributed by atoms with Crippen molar-refractivity contribution in [1.29, 1.82) is 0 Å². The number of hydrogen-bond donors (Lipinski definition) is 0. The molecule has 3 heteroatoms. The van der Waals surface area contributed by atoms with E-state index in [0.717, 1.165) is 6.42 Å². The molecule has 1 atom stereocenters. The van der Waals surface area contributed by atoms with E-state index in [1.54, 1.807) is 0 Å². The Morgan fingerprint density at radius 2 is 1.91 bits per heavy atom. The standard InChI is InChI=1S/C8H9ClOS/c9-11(10)7-6-8-4-2-1-3-5-8/h1-5H,6-7H2. The first-order chi connectivity index (χ1) is 5.29. The molecule has 60 valence electrons. The van der Waals surface area contributed by atoms with Crippen LogP contribution in [0.15, 0.2) is 30.3 Å². The van der Waals surface area contributed by atoms with E-state index in [9.17, 15) is 4.21 Å². The van der Waals surface area contributed by atoms with E-state index in [2.05, 4.69) is 0 Å². The van der Waals surface area contributed by atoms with Crippen LogP contribution in [0.25, 0.3) is 0 Å². The number of aryl methyl sites for hydroxylation is 1. The molecular weight excluding hydrogens is 180 g/mol. The monoisotopic (exact) mass is 188 g/mol. The van der Waals surface area contributed by atoms with Crippen LogP contribution in [0.5, 0.6) is 0 Å². The first kappa shape index (κ1) is 8.75. The number of rotatable bonds is 3. The molecule has 0 radical (unpaired) electrons. The highest BCUT2D eigenvalue weighted by Gasteiger charge is 1.94. The summed E-state index contributed by atoms with van der Waals surface area (Å²) in [6, 6.07) is 9.90. The summed E-state index contributed by atoms with van der Waals surface area (Å²) in [6.07, 6.45) is 0.789. The summed E-state index contributed by atoms with van der Waals surface area (Å²) >= 11 is 0. The maximum Gasteiger partial charge on any atom is 0.115 e. The fourth-order valence-corrected chi connectivity index (χ4v) is 1.47. The average molecular weight is 189 g/mol. The van der Waals surface area contributed by atoms with Crippen molar-refractivity contribution in [3.63, 3.8) is 0 Å². The Hall–Kier alpha value is -0.340. The van der Waals surface area contributed by atoms with E-state index < -0.39 is 10.0 Å². The largest absolute Gasteiger partial charge is 0.243 e. The molecule has 0 amide bonds. The summed E-state index contributed by atoms with van der Waals surface area (Å²) in [5, 5.41) is 0. The summed E-state index contributed by atoms with van der Waals surface area (Å²) in [5.74, 6) is 0.533. The normalized spacial score (nSPS) is 12.8. The van der Waals surface area contributed by atoms with Gasteiger partial charge >= 0.3 is 0 Å². The Bertz CT molecular complexity index is 235. The molecule has 1 aromatic rings. The molecule has 1 aromatic carbocycles. The summed E-state index contributed by atoms with van der Waals surface area (Å²) in [4.78, 5) is 0. The molecule has 0 aliphatic heterocycles. The molecule has 1 nitrogen and oxygen atoms in total. The second kappa shape index (κ2) is 4.52. The van der Waals surface area contributed by atoms with Crippen LogP contribution in [0.2, 0.25) is 0 Å². The minimum atomic E-state index is -1.19. The van der Waals surface area contributed by atoms with Crippen LogP contribution in [-0.4, -0.2) is 9.96 Å². The molecule has 0 N–H and O–H groups in total. The lowest BCUT2D eigenvalue weighted by atomic mass is 10.2. The van der Waals surface area contributed by atoms with E-state index in [1.807, 2.05) is 30.3 Å². The van der Waals surface area contributed by atoms with Crippen molar-refractivity contribution < 1.29 is 4.21 Å². The van der Waals surface area contributed by atoms with E-state index in [4.69, 9.17) is 10.7 Å². The van der Waals surface area contributed by atoms with Crippen molar-refractivity contribution in [3.05, 3.63) is 35.9 Å². The van der Waals surface area contributed by atoms with Crippen LogP contribution < -0.4 is 0 Å². The molecule has 1 rings (SSSR count). The van der Waals surface area contributed by atoms with Crippen molar-refractivity contribution in [3.8, 4) is 0 Å². The average Bonchev–Trinajstić information content (AvgIpc) is 2.03. The van der Waals surface area contributed by atoms with Crippen LogP contribution in [-0.2, 0) is 16.4 Å². The second-order valence-corrected chi connectivity index (χ2v) is 4.25. The third-order valence-electron chi connectivity index (χ3n) is 1.39. The van der Waals surface area contributed by atoms with Gasteiger partial charge in [0.2, 0.25) is 0 Å². The quantitative estimate of drug-likeness (QED) is 0.665. The van der Waals surface area contributed by atoms with E-state index in [1.165, 1.54) is 5.56 Å². The molecule has 0 aliphatic carbocycles. The fourth-order valence-electron chi connectivity index (χ4n) is 0.843. The van der Waals surface area contributed by atoms with Crippen molar-refractivity contribution >= 4 is 20.7 Å². The Morgan fingerprint density at radius 3 is 2.45 bits per heavy atom. The van der Waals surface area contributed by atoms with Crippen LogP contribution in [0.4, 0.5) is 0 Å². The molecule has 0 bridgehead atoms. The maximum absolute atomic E-state index is 10.5. The highest BCUT2D eigenvalue weighted by molar-refractivity contribution is 8.08. The smallest absolute Gasteiger partial charge is 0.115 e. The number of benzene rings is 1. The van der Waals surface area contributed by atoms with Gasteiger partial charge in [0.25, 0.3) is 0 Å².